The van der Waals surface area contributed by atoms with E-state index < -0.39 is 12.0 Å². The van der Waals surface area contributed by atoms with Gasteiger partial charge in [-0.1, -0.05) is 13.8 Å². The predicted molar refractivity (Wildman–Crippen MR) is 45.4 cm³/mol. The third kappa shape index (κ3) is 6.04. The summed E-state index contributed by atoms with van der Waals surface area (Å²) in [7, 11) is 0. The van der Waals surface area contributed by atoms with Crippen molar-refractivity contribution in [1.82, 2.24) is 0 Å². The number of carbonyl (C=O) groups is 1. The molecule has 0 heterocycles. The maximum Gasteiger partial charge on any atom is 0.320 e. The minimum absolute atomic E-state index is 0. The van der Waals surface area contributed by atoms with Gasteiger partial charge in [0.05, 0.1) is 0 Å². The van der Waals surface area contributed by atoms with E-state index in [1.165, 1.54) is 0 Å². The van der Waals surface area contributed by atoms with E-state index in [2.05, 4.69) is 0 Å². The van der Waals surface area contributed by atoms with Crippen molar-refractivity contribution in [2.24, 2.45) is 11.7 Å². The quantitative estimate of drug-likeness (QED) is 0.734. The number of hydrogen-bond acceptors (Lipinski definition) is 2. The highest BCUT2D eigenvalue weighted by atomic mass is 79.9. The fraction of sp³-hybridized carbons (Fsp3) is 0.833. The van der Waals surface area contributed by atoms with Gasteiger partial charge in [0.15, 0.2) is 0 Å². The fourth-order valence-corrected chi connectivity index (χ4v) is 0.609. The molecule has 0 saturated carbocycles. The largest absolute Gasteiger partial charge is 0.480 e. The molecule has 3 nitrogen and oxygen atoms in total. The molecule has 0 aromatic carbocycles. The molecular weight excluding hydrogens is 198 g/mol. The Kier molecular flexibility index (Phi) is 7.14. The molecule has 10 heavy (non-hydrogen) atoms. The van der Waals surface area contributed by atoms with Crippen LogP contribution in [0.15, 0.2) is 0 Å². The molecule has 3 N–H and O–H groups in total. The average molecular weight is 212 g/mol. The van der Waals surface area contributed by atoms with E-state index in [9.17, 15) is 4.79 Å². The van der Waals surface area contributed by atoms with E-state index in [0.29, 0.717) is 12.3 Å². The van der Waals surface area contributed by atoms with E-state index in [0.717, 1.165) is 0 Å². The van der Waals surface area contributed by atoms with Crippen molar-refractivity contribution in [1.29, 1.82) is 0 Å². The molecule has 62 valence electrons. The molecule has 1 atom stereocenters. The van der Waals surface area contributed by atoms with Crippen LogP contribution in [0.3, 0.4) is 0 Å². The monoisotopic (exact) mass is 211 g/mol. The van der Waals surface area contributed by atoms with Crippen LogP contribution in [0.4, 0.5) is 0 Å². The summed E-state index contributed by atoms with van der Waals surface area (Å²) < 4.78 is 0. The summed E-state index contributed by atoms with van der Waals surface area (Å²) in [6.45, 7) is 3.89. The van der Waals surface area contributed by atoms with Crippen molar-refractivity contribution in [3.05, 3.63) is 0 Å². The zero-order valence-corrected chi connectivity index (χ0v) is 7.92. The second-order valence-electron chi connectivity index (χ2n) is 2.57. The van der Waals surface area contributed by atoms with Crippen LogP contribution in [0.5, 0.6) is 0 Å². The van der Waals surface area contributed by atoms with Crippen LogP contribution in [-0.4, -0.2) is 17.1 Å². The molecule has 0 amide bonds. The molecule has 4 heteroatoms. The number of nitrogens with two attached hydrogens (primary N) is 1. The lowest BCUT2D eigenvalue weighted by atomic mass is 10.1. The lowest BCUT2D eigenvalue weighted by molar-refractivity contribution is -0.138. The van der Waals surface area contributed by atoms with Crippen LogP contribution < -0.4 is 5.73 Å². The highest BCUT2D eigenvalue weighted by Gasteiger charge is 2.11. The second kappa shape index (κ2) is 5.68. The molecule has 0 aliphatic rings. The molecular formula is C6H14BrNO2. The summed E-state index contributed by atoms with van der Waals surface area (Å²) in [6.07, 6.45) is 0.551. The number of hydrogen-bond donors (Lipinski definition) is 2. The Morgan fingerprint density at radius 3 is 2.10 bits per heavy atom. The minimum Gasteiger partial charge on any atom is -0.480 e. The number of rotatable bonds is 3. The third-order valence-electron chi connectivity index (χ3n) is 1.04. The van der Waals surface area contributed by atoms with E-state index in [1.54, 1.807) is 0 Å². The van der Waals surface area contributed by atoms with Crippen LogP contribution in [0.2, 0.25) is 0 Å². The molecule has 0 bridgehead atoms. The first-order valence-corrected chi connectivity index (χ1v) is 3.02. The normalized spacial score (nSPS) is 12.4. The van der Waals surface area contributed by atoms with Gasteiger partial charge in [-0.05, 0) is 12.3 Å². The predicted octanol–water partition coefficient (Wildman–Crippen LogP) is 1.02. The Morgan fingerprint density at radius 1 is 1.60 bits per heavy atom. The molecule has 0 aromatic heterocycles. The van der Waals surface area contributed by atoms with Gasteiger partial charge in [-0.2, -0.15) is 0 Å². The van der Waals surface area contributed by atoms with Gasteiger partial charge in [-0.3, -0.25) is 4.79 Å². The van der Waals surface area contributed by atoms with E-state index in [4.69, 9.17) is 10.8 Å². The molecule has 0 aliphatic carbocycles. The maximum atomic E-state index is 10.1. The molecule has 0 fully saturated rings. The van der Waals surface area contributed by atoms with Crippen molar-refractivity contribution in [2.75, 3.05) is 0 Å². The second-order valence-corrected chi connectivity index (χ2v) is 2.57. The summed E-state index contributed by atoms with van der Waals surface area (Å²) in [5, 5.41) is 8.31. The Bertz CT molecular complexity index is 106. The molecule has 0 saturated heterocycles. The Morgan fingerprint density at radius 2 is 2.00 bits per heavy atom. The summed E-state index contributed by atoms with van der Waals surface area (Å²) in [6, 6.07) is -0.690. The number of aliphatic carboxylic acids is 1. The molecule has 0 radical (unpaired) electrons. The van der Waals surface area contributed by atoms with Crippen molar-refractivity contribution in [2.45, 2.75) is 26.3 Å². The SMILES string of the molecule is Br.CC(C)CC(N)C(=O)O. The van der Waals surface area contributed by atoms with Gasteiger partial charge in [0.1, 0.15) is 6.04 Å². The standard InChI is InChI=1S/C6H13NO2.BrH/c1-4(2)3-5(7)6(8)9;/h4-5H,3,7H2,1-2H3,(H,8,9);1H. The van der Waals surface area contributed by atoms with Gasteiger partial charge < -0.3 is 10.8 Å². The van der Waals surface area contributed by atoms with Gasteiger partial charge in [-0.15, -0.1) is 17.0 Å². The highest BCUT2D eigenvalue weighted by Crippen LogP contribution is 2.01. The van der Waals surface area contributed by atoms with Crippen LogP contribution in [0.25, 0.3) is 0 Å². The van der Waals surface area contributed by atoms with E-state index >= 15 is 0 Å². The smallest absolute Gasteiger partial charge is 0.320 e. The van der Waals surface area contributed by atoms with Crippen LogP contribution in [0, 0.1) is 5.92 Å². The highest BCUT2D eigenvalue weighted by molar-refractivity contribution is 8.93. The van der Waals surface area contributed by atoms with Gasteiger partial charge in [0.25, 0.3) is 0 Å². The van der Waals surface area contributed by atoms with E-state index in [1.807, 2.05) is 13.8 Å². The first kappa shape index (κ1) is 12.6. The fourth-order valence-electron chi connectivity index (χ4n) is 0.609. The first-order chi connectivity index (χ1) is 4.04. The summed E-state index contributed by atoms with van der Waals surface area (Å²) in [4.78, 5) is 10.1. The number of halogens is 1. The minimum atomic E-state index is -0.913. The summed E-state index contributed by atoms with van der Waals surface area (Å²) in [5.74, 6) is -0.556. The van der Waals surface area contributed by atoms with Crippen LogP contribution in [-0.2, 0) is 4.79 Å². The van der Waals surface area contributed by atoms with Crippen molar-refractivity contribution >= 4 is 23.0 Å². The maximum absolute atomic E-state index is 10.1. The molecule has 0 aliphatic heterocycles. The molecule has 1 unspecified atom stereocenters. The lowest BCUT2D eigenvalue weighted by Gasteiger charge is -2.07. The Labute approximate surface area is 71.4 Å². The lowest BCUT2D eigenvalue weighted by Crippen LogP contribution is -2.31. The van der Waals surface area contributed by atoms with Crippen molar-refractivity contribution in [3.8, 4) is 0 Å². The van der Waals surface area contributed by atoms with E-state index in [-0.39, 0.29) is 17.0 Å². The first-order valence-electron chi connectivity index (χ1n) is 3.02. The zero-order chi connectivity index (χ0) is 7.44. The average Bonchev–Trinajstić information content (AvgIpc) is 1.63. The topological polar surface area (TPSA) is 63.3 Å². The zero-order valence-electron chi connectivity index (χ0n) is 6.20. The van der Waals surface area contributed by atoms with Gasteiger partial charge in [0, 0.05) is 0 Å². The van der Waals surface area contributed by atoms with Crippen molar-refractivity contribution < 1.29 is 9.90 Å². The third-order valence-corrected chi connectivity index (χ3v) is 1.04. The van der Waals surface area contributed by atoms with Crippen LogP contribution >= 0.6 is 17.0 Å². The molecule has 0 rings (SSSR count). The van der Waals surface area contributed by atoms with Gasteiger partial charge in [0.2, 0.25) is 0 Å². The number of carboxylic acids is 1. The Balaban J connectivity index is 0. The molecule has 0 aromatic rings. The molecule has 0 spiro atoms. The Hall–Kier alpha value is -0.0900. The number of carboxylic acid groups (broad SMARTS) is 1. The summed E-state index contributed by atoms with van der Waals surface area (Å²) in [5.41, 5.74) is 5.22. The van der Waals surface area contributed by atoms with Crippen molar-refractivity contribution in [3.63, 3.8) is 0 Å². The van der Waals surface area contributed by atoms with Gasteiger partial charge >= 0.3 is 5.97 Å². The van der Waals surface area contributed by atoms with Crippen LogP contribution in [0.1, 0.15) is 20.3 Å². The summed E-state index contributed by atoms with van der Waals surface area (Å²) >= 11 is 0. The van der Waals surface area contributed by atoms with Gasteiger partial charge in [-0.25, -0.2) is 0 Å².